The van der Waals surface area contributed by atoms with E-state index in [2.05, 4.69) is 4.72 Å². The highest BCUT2D eigenvalue weighted by atomic mass is 32.2. The molecular weight excluding hydrogens is 308 g/mol. The molecule has 1 fully saturated rings. The maximum atomic E-state index is 12.2. The van der Waals surface area contributed by atoms with Gasteiger partial charge in [0, 0.05) is 26.2 Å². The van der Waals surface area contributed by atoms with Gasteiger partial charge in [-0.3, -0.25) is 0 Å². The Balaban J connectivity index is 2.42. The van der Waals surface area contributed by atoms with Crippen molar-refractivity contribution in [1.29, 1.82) is 0 Å². The molecule has 0 radical (unpaired) electrons. The predicted octanol–water partition coefficient (Wildman–Crippen LogP) is 1.34. The van der Waals surface area contributed by atoms with Gasteiger partial charge < -0.3 is 14.4 Å². The number of ether oxygens (including phenoxy) is 2. The summed E-state index contributed by atoms with van der Waals surface area (Å²) in [7, 11) is -3.36. The maximum Gasteiger partial charge on any atom is 0.410 e. The van der Waals surface area contributed by atoms with E-state index in [1.807, 2.05) is 27.7 Å². The quantitative estimate of drug-likeness (QED) is 0.740. The van der Waals surface area contributed by atoms with Crippen molar-refractivity contribution >= 4 is 16.1 Å². The van der Waals surface area contributed by atoms with Crippen LogP contribution in [0.3, 0.4) is 0 Å². The van der Waals surface area contributed by atoms with E-state index < -0.39 is 20.9 Å². The molecule has 0 atom stereocenters. The van der Waals surface area contributed by atoms with Crippen LogP contribution in [0.1, 0.15) is 40.5 Å². The molecule has 1 N–H and O–H groups in total. The van der Waals surface area contributed by atoms with E-state index in [9.17, 15) is 13.2 Å². The lowest BCUT2D eigenvalue weighted by Gasteiger charge is -2.33. The summed E-state index contributed by atoms with van der Waals surface area (Å²) < 4.78 is 37.3. The summed E-state index contributed by atoms with van der Waals surface area (Å²) in [6.45, 7) is 9.29. The number of sulfonamides is 1. The standard InChI is InChI=1S/C14H28N2O5S/c1-5-20-11-8-15-22(18,19)12-6-9-16(10-7-12)13(17)21-14(2,3)4/h12,15H,5-11H2,1-4H3. The van der Waals surface area contributed by atoms with E-state index >= 15 is 0 Å². The Labute approximate surface area is 133 Å². The van der Waals surface area contributed by atoms with Gasteiger partial charge in [-0.15, -0.1) is 0 Å². The SMILES string of the molecule is CCOCCNS(=O)(=O)C1CCN(C(=O)OC(C)(C)C)CC1. The van der Waals surface area contributed by atoms with Gasteiger partial charge in [0.15, 0.2) is 0 Å². The van der Waals surface area contributed by atoms with Crippen molar-refractivity contribution < 1.29 is 22.7 Å². The van der Waals surface area contributed by atoms with E-state index in [0.29, 0.717) is 39.1 Å². The molecule has 1 aliphatic heterocycles. The molecule has 0 bridgehead atoms. The fraction of sp³-hybridized carbons (Fsp3) is 0.929. The second-order valence-corrected chi connectivity index (χ2v) is 8.35. The molecule has 0 spiro atoms. The molecular formula is C14H28N2O5S. The molecule has 0 unspecified atom stereocenters. The summed E-state index contributed by atoms with van der Waals surface area (Å²) in [6, 6.07) is 0. The summed E-state index contributed by atoms with van der Waals surface area (Å²) >= 11 is 0. The van der Waals surface area contributed by atoms with Crippen molar-refractivity contribution in [2.75, 3.05) is 32.8 Å². The van der Waals surface area contributed by atoms with Crippen molar-refractivity contribution in [3.8, 4) is 0 Å². The highest BCUT2D eigenvalue weighted by Crippen LogP contribution is 2.19. The molecule has 1 rings (SSSR count). The minimum Gasteiger partial charge on any atom is -0.444 e. The molecule has 0 aromatic heterocycles. The number of piperidine rings is 1. The summed E-state index contributed by atoms with van der Waals surface area (Å²) in [6.07, 6.45) is 0.458. The number of hydrogen-bond donors (Lipinski definition) is 1. The van der Waals surface area contributed by atoms with Gasteiger partial charge in [-0.1, -0.05) is 0 Å². The Morgan fingerprint density at radius 1 is 1.27 bits per heavy atom. The Morgan fingerprint density at radius 2 is 1.86 bits per heavy atom. The van der Waals surface area contributed by atoms with E-state index in [-0.39, 0.29) is 12.6 Å². The molecule has 8 heteroatoms. The van der Waals surface area contributed by atoms with Crippen LogP contribution in [0, 0.1) is 0 Å². The van der Waals surface area contributed by atoms with Crippen LogP contribution in [0.5, 0.6) is 0 Å². The van der Waals surface area contributed by atoms with Gasteiger partial charge in [0.05, 0.1) is 11.9 Å². The Morgan fingerprint density at radius 3 is 2.36 bits per heavy atom. The average molecular weight is 336 g/mol. The number of hydrogen-bond acceptors (Lipinski definition) is 5. The molecule has 0 aromatic carbocycles. The van der Waals surface area contributed by atoms with Gasteiger partial charge in [-0.2, -0.15) is 0 Å². The van der Waals surface area contributed by atoms with Crippen LogP contribution in [0.25, 0.3) is 0 Å². The normalized spacial score (nSPS) is 17.5. The van der Waals surface area contributed by atoms with Gasteiger partial charge in [0.25, 0.3) is 0 Å². The zero-order valence-corrected chi connectivity index (χ0v) is 14.7. The van der Waals surface area contributed by atoms with Crippen LogP contribution in [0.2, 0.25) is 0 Å². The third-order valence-electron chi connectivity index (χ3n) is 3.29. The fourth-order valence-electron chi connectivity index (χ4n) is 2.19. The highest BCUT2D eigenvalue weighted by molar-refractivity contribution is 7.90. The van der Waals surface area contributed by atoms with Gasteiger partial charge in [-0.05, 0) is 40.5 Å². The van der Waals surface area contributed by atoms with Crippen LogP contribution >= 0.6 is 0 Å². The van der Waals surface area contributed by atoms with Crippen molar-refractivity contribution in [2.45, 2.75) is 51.4 Å². The Hall–Kier alpha value is -0.860. The topological polar surface area (TPSA) is 84.9 Å². The predicted molar refractivity (Wildman–Crippen MR) is 84.2 cm³/mol. The van der Waals surface area contributed by atoms with Crippen molar-refractivity contribution in [3.63, 3.8) is 0 Å². The number of nitrogens with zero attached hydrogens (tertiary/aromatic N) is 1. The van der Waals surface area contributed by atoms with E-state index in [0.717, 1.165) is 0 Å². The van der Waals surface area contributed by atoms with Crippen LogP contribution in [-0.2, 0) is 19.5 Å². The lowest BCUT2D eigenvalue weighted by Crippen LogP contribution is -2.47. The van der Waals surface area contributed by atoms with Crippen molar-refractivity contribution in [3.05, 3.63) is 0 Å². The second-order valence-electron chi connectivity index (χ2n) is 6.30. The summed E-state index contributed by atoms with van der Waals surface area (Å²) in [5.74, 6) is 0. The lowest BCUT2D eigenvalue weighted by atomic mass is 10.1. The molecule has 1 amide bonds. The number of amides is 1. The zero-order valence-electron chi connectivity index (χ0n) is 13.9. The Bertz CT molecular complexity index is 450. The lowest BCUT2D eigenvalue weighted by molar-refractivity contribution is 0.0217. The van der Waals surface area contributed by atoms with Crippen molar-refractivity contribution in [1.82, 2.24) is 9.62 Å². The van der Waals surface area contributed by atoms with Crippen LogP contribution < -0.4 is 4.72 Å². The minimum absolute atomic E-state index is 0.280. The molecule has 7 nitrogen and oxygen atoms in total. The Kier molecular flexibility index (Phi) is 7.08. The first-order valence-electron chi connectivity index (χ1n) is 7.70. The molecule has 0 aliphatic carbocycles. The van der Waals surface area contributed by atoms with Gasteiger partial charge in [0.1, 0.15) is 5.60 Å². The van der Waals surface area contributed by atoms with Crippen LogP contribution in [0.4, 0.5) is 4.79 Å². The number of carbonyl (C=O) groups is 1. The second kappa shape index (κ2) is 8.12. The van der Waals surface area contributed by atoms with Gasteiger partial charge in [0.2, 0.25) is 10.0 Å². The number of nitrogens with one attached hydrogen (secondary N) is 1. The largest absolute Gasteiger partial charge is 0.444 e. The van der Waals surface area contributed by atoms with Gasteiger partial charge in [-0.25, -0.2) is 17.9 Å². The van der Waals surface area contributed by atoms with Crippen LogP contribution in [0.15, 0.2) is 0 Å². The summed E-state index contributed by atoms with van der Waals surface area (Å²) in [5, 5.41) is -0.465. The molecule has 0 aromatic rings. The summed E-state index contributed by atoms with van der Waals surface area (Å²) in [5.41, 5.74) is -0.541. The monoisotopic (exact) mass is 336 g/mol. The minimum atomic E-state index is -3.36. The average Bonchev–Trinajstić information content (AvgIpc) is 2.42. The molecule has 130 valence electrons. The van der Waals surface area contributed by atoms with E-state index in [1.54, 1.807) is 4.90 Å². The molecule has 1 aliphatic rings. The first-order chi connectivity index (χ1) is 10.2. The molecule has 22 heavy (non-hydrogen) atoms. The molecule has 1 saturated heterocycles. The number of likely N-dealkylation sites (tertiary alicyclic amines) is 1. The fourth-order valence-corrected chi connectivity index (χ4v) is 3.63. The van der Waals surface area contributed by atoms with E-state index in [4.69, 9.17) is 9.47 Å². The maximum absolute atomic E-state index is 12.2. The molecule has 0 saturated carbocycles. The van der Waals surface area contributed by atoms with E-state index in [1.165, 1.54) is 0 Å². The number of rotatable bonds is 6. The van der Waals surface area contributed by atoms with Crippen LogP contribution in [-0.4, -0.2) is 63.1 Å². The number of carbonyl (C=O) groups excluding carboxylic acids is 1. The summed E-state index contributed by atoms with van der Waals surface area (Å²) in [4.78, 5) is 13.5. The van der Waals surface area contributed by atoms with Crippen molar-refractivity contribution in [2.24, 2.45) is 0 Å². The smallest absolute Gasteiger partial charge is 0.410 e. The highest BCUT2D eigenvalue weighted by Gasteiger charge is 2.32. The first-order valence-corrected chi connectivity index (χ1v) is 9.24. The third kappa shape index (κ3) is 6.50. The van der Waals surface area contributed by atoms with Gasteiger partial charge >= 0.3 is 6.09 Å². The third-order valence-corrected chi connectivity index (χ3v) is 5.24. The molecule has 1 heterocycles. The first kappa shape index (κ1) is 19.2. The zero-order chi connectivity index (χ0) is 16.8.